The van der Waals surface area contributed by atoms with E-state index in [-0.39, 0.29) is 74.0 Å². The molecule has 0 aromatic rings. The number of imide groups is 6. The zero-order chi connectivity index (χ0) is 20.5. The average molecular weight is 392 g/mol. The topological polar surface area (TPSA) is 109 Å². The molecule has 0 radical (unpaired) electrons. The minimum absolute atomic E-state index is 0.140. The van der Waals surface area contributed by atoms with Gasteiger partial charge < -0.3 is 0 Å². The van der Waals surface area contributed by atoms with E-state index in [0.29, 0.717) is 12.8 Å². The van der Waals surface area contributed by atoms with Crippen molar-refractivity contribution in [1.29, 1.82) is 0 Å². The predicted octanol–water partition coefficient (Wildman–Crippen LogP) is 2.24. The first-order valence-electron chi connectivity index (χ1n) is 10.2. The highest BCUT2D eigenvalue weighted by Gasteiger charge is 2.34. The maximum Gasteiger partial charge on any atom is 0.236 e. The molecule has 0 bridgehead atoms. The molecule has 8 nitrogen and oxygen atoms in total. The van der Waals surface area contributed by atoms with Crippen molar-refractivity contribution in [1.82, 2.24) is 9.80 Å². The molecular formula is C20H28N2O6. The molecule has 8 heteroatoms. The summed E-state index contributed by atoms with van der Waals surface area (Å²) in [7, 11) is 0. The molecule has 0 saturated carbocycles. The number of nitrogens with zero attached hydrogens (tertiary/aromatic N) is 2. The van der Waals surface area contributed by atoms with E-state index in [1.54, 1.807) is 0 Å². The minimum Gasteiger partial charge on any atom is -0.274 e. The van der Waals surface area contributed by atoms with Gasteiger partial charge in [-0.05, 0) is 12.8 Å². The normalized spacial score (nSPS) is 17.1. The third-order valence-electron chi connectivity index (χ3n) is 5.13. The van der Waals surface area contributed by atoms with Crippen LogP contribution >= 0.6 is 0 Å². The number of amides is 6. The molecule has 0 aromatic heterocycles. The summed E-state index contributed by atoms with van der Waals surface area (Å²) in [4.78, 5) is 71.2. The maximum absolute atomic E-state index is 11.9. The first kappa shape index (κ1) is 21.9. The van der Waals surface area contributed by atoms with Crippen LogP contribution in [0.2, 0.25) is 0 Å². The Balaban J connectivity index is 1.44. The quantitative estimate of drug-likeness (QED) is 0.394. The van der Waals surface area contributed by atoms with Gasteiger partial charge in [0.2, 0.25) is 35.4 Å². The Labute approximate surface area is 164 Å². The lowest BCUT2D eigenvalue weighted by Crippen LogP contribution is -2.35. The van der Waals surface area contributed by atoms with E-state index >= 15 is 0 Å². The number of rotatable bonds is 11. The summed E-state index contributed by atoms with van der Waals surface area (Å²) in [6.45, 7) is 0. The van der Waals surface area contributed by atoms with Gasteiger partial charge in [-0.15, -0.1) is 0 Å². The third kappa shape index (κ3) is 6.07. The summed E-state index contributed by atoms with van der Waals surface area (Å²) >= 11 is 0. The summed E-state index contributed by atoms with van der Waals surface area (Å²) < 4.78 is 0. The van der Waals surface area contributed by atoms with Crippen molar-refractivity contribution in [3.8, 4) is 0 Å². The van der Waals surface area contributed by atoms with Gasteiger partial charge >= 0.3 is 0 Å². The van der Waals surface area contributed by atoms with Crippen LogP contribution in [0.4, 0.5) is 0 Å². The smallest absolute Gasteiger partial charge is 0.236 e. The van der Waals surface area contributed by atoms with E-state index in [9.17, 15) is 28.8 Å². The van der Waals surface area contributed by atoms with Crippen LogP contribution in [-0.2, 0) is 28.8 Å². The second kappa shape index (κ2) is 10.8. The molecule has 0 aliphatic carbocycles. The fourth-order valence-corrected chi connectivity index (χ4v) is 3.55. The van der Waals surface area contributed by atoms with Crippen LogP contribution in [0.1, 0.15) is 89.9 Å². The van der Waals surface area contributed by atoms with Crippen molar-refractivity contribution in [2.75, 3.05) is 0 Å². The van der Waals surface area contributed by atoms with Gasteiger partial charge in [0.25, 0.3) is 0 Å². The van der Waals surface area contributed by atoms with Gasteiger partial charge in [0, 0.05) is 38.5 Å². The highest BCUT2D eigenvalue weighted by atomic mass is 16.2. The van der Waals surface area contributed by atoms with E-state index in [2.05, 4.69) is 0 Å². The molecule has 2 saturated heterocycles. The molecule has 0 unspecified atom stereocenters. The van der Waals surface area contributed by atoms with E-state index in [0.717, 1.165) is 48.3 Å². The van der Waals surface area contributed by atoms with Crippen LogP contribution in [0, 0.1) is 0 Å². The molecule has 0 aromatic carbocycles. The Kier molecular flexibility index (Phi) is 8.47. The Bertz CT molecular complexity index is 569. The number of unbranched alkanes of at least 4 members (excludes halogenated alkanes) is 7. The van der Waals surface area contributed by atoms with Gasteiger partial charge in [-0.1, -0.05) is 38.5 Å². The highest BCUT2D eigenvalue weighted by Crippen LogP contribution is 2.17. The molecule has 2 aliphatic rings. The lowest BCUT2D eigenvalue weighted by Gasteiger charge is -2.11. The Morgan fingerprint density at radius 3 is 1.04 bits per heavy atom. The molecular weight excluding hydrogens is 364 g/mol. The van der Waals surface area contributed by atoms with Gasteiger partial charge in [-0.2, -0.15) is 0 Å². The average Bonchev–Trinajstić information content (AvgIpc) is 3.17. The summed E-state index contributed by atoms with van der Waals surface area (Å²) in [5.74, 6) is -2.29. The van der Waals surface area contributed by atoms with E-state index < -0.39 is 0 Å². The Morgan fingerprint density at radius 2 is 0.750 bits per heavy atom. The van der Waals surface area contributed by atoms with E-state index in [1.807, 2.05) is 0 Å². The summed E-state index contributed by atoms with van der Waals surface area (Å²) in [5, 5.41) is 0. The number of likely N-dealkylation sites (tertiary alicyclic amines) is 2. The monoisotopic (exact) mass is 392 g/mol. The first-order chi connectivity index (χ1) is 13.4. The van der Waals surface area contributed by atoms with Gasteiger partial charge in [0.05, 0.1) is 0 Å². The van der Waals surface area contributed by atoms with Crippen LogP contribution in [0.3, 0.4) is 0 Å². The standard InChI is InChI=1S/C20H28N2O6/c23-15(21-17(25)11-12-18(21)26)9-7-5-3-1-2-4-6-8-10-16(24)22-19(27)13-14-20(22)28/h1-14H2. The fraction of sp³-hybridized carbons (Fsp3) is 0.700. The minimum atomic E-state index is -0.382. The molecule has 2 fully saturated rings. The van der Waals surface area contributed by atoms with E-state index in [1.165, 1.54) is 0 Å². The van der Waals surface area contributed by atoms with Crippen molar-refractivity contribution in [3.05, 3.63) is 0 Å². The second-order valence-electron chi connectivity index (χ2n) is 7.36. The van der Waals surface area contributed by atoms with Crippen LogP contribution in [0.5, 0.6) is 0 Å². The zero-order valence-corrected chi connectivity index (χ0v) is 16.2. The molecule has 28 heavy (non-hydrogen) atoms. The summed E-state index contributed by atoms with van der Waals surface area (Å²) in [6.07, 6.45) is 8.10. The fourth-order valence-electron chi connectivity index (χ4n) is 3.55. The second-order valence-corrected chi connectivity index (χ2v) is 7.36. The van der Waals surface area contributed by atoms with Crippen molar-refractivity contribution in [2.24, 2.45) is 0 Å². The molecule has 0 N–H and O–H groups in total. The SMILES string of the molecule is O=C(CCCCCCCCCCC(=O)N1C(=O)CCC1=O)N1C(=O)CCC1=O. The highest BCUT2D eigenvalue weighted by molar-refractivity contribution is 6.15. The lowest BCUT2D eigenvalue weighted by molar-refractivity contribution is -0.151. The van der Waals surface area contributed by atoms with Crippen molar-refractivity contribution in [3.63, 3.8) is 0 Å². The molecule has 154 valence electrons. The predicted molar refractivity (Wildman–Crippen MR) is 98.4 cm³/mol. The number of carbonyl (C=O) groups is 6. The van der Waals surface area contributed by atoms with Crippen molar-refractivity contribution < 1.29 is 28.8 Å². The zero-order valence-electron chi connectivity index (χ0n) is 16.2. The first-order valence-corrected chi connectivity index (χ1v) is 10.2. The Morgan fingerprint density at radius 1 is 0.500 bits per heavy atom. The number of hydrogen-bond donors (Lipinski definition) is 0. The molecule has 0 atom stereocenters. The van der Waals surface area contributed by atoms with Crippen LogP contribution < -0.4 is 0 Å². The number of hydrogen-bond acceptors (Lipinski definition) is 6. The van der Waals surface area contributed by atoms with Crippen molar-refractivity contribution in [2.45, 2.75) is 89.9 Å². The van der Waals surface area contributed by atoms with Gasteiger partial charge in [-0.3, -0.25) is 28.8 Å². The van der Waals surface area contributed by atoms with Gasteiger partial charge in [-0.25, -0.2) is 9.80 Å². The molecule has 2 heterocycles. The molecule has 0 spiro atoms. The third-order valence-corrected chi connectivity index (χ3v) is 5.13. The van der Waals surface area contributed by atoms with Crippen LogP contribution in [0.15, 0.2) is 0 Å². The molecule has 2 aliphatic heterocycles. The lowest BCUT2D eigenvalue weighted by atomic mass is 10.1. The number of carbonyl (C=O) groups excluding carboxylic acids is 6. The van der Waals surface area contributed by atoms with Crippen LogP contribution in [-0.4, -0.2) is 45.2 Å². The van der Waals surface area contributed by atoms with Crippen LogP contribution in [0.25, 0.3) is 0 Å². The van der Waals surface area contributed by atoms with E-state index in [4.69, 9.17) is 0 Å². The van der Waals surface area contributed by atoms with Gasteiger partial charge in [0.1, 0.15) is 0 Å². The largest absolute Gasteiger partial charge is 0.274 e. The Hall–Kier alpha value is -2.38. The summed E-state index contributed by atoms with van der Waals surface area (Å²) in [6, 6.07) is 0. The molecule has 6 amide bonds. The van der Waals surface area contributed by atoms with Gasteiger partial charge in [0.15, 0.2) is 0 Å². The van der Waals surface area contributed by atoms with Crippen molar-refractivity contribution >= 4 is 35.4 Å². The summed E-state index contributed by atoms with van der Waals surface area (Å²) in [5.41, 5.74) is 0. The molecule has 2 rings (SSSR count). The maximum atomic E-state index is 11.9.